The molecule has 10 heteroatoms. The topological polar surface area (TPSA) is 77.1 Å². The van der Waals surface area contributed by atoms with Crippen molar-refractivity contribution in [2.24, 2.45) is 0 Å². The summed E-state index contributed by atoms with van der Waals surface area (Å²) >= 11 is 0. The van der Waals surface area contributed by atoms with Crippen LogP contribution in [0.25, 0.3) is 0 Å². The molecule has 5 aliphatic rings. The van der Waals surface area contributed by atoms with Gasteiger partial charge >= 0.3 is 6.18 Å². The van der Waals surface area contributed by atoms with Crippen molar-refractivity contribution in [1.82, 2.24) is 10.2 Å². The number of nitrogens with one attached hydrogen (secondary N) is 1. The van der Waals surface area contributed by atoms with E-state index in [-0.39, 0.29) is 50.0 Å². The number of benzene rings is 1. The van der Waals surface area contributed by atoms with E-state index in [0.29, 0.717) is 6.42 Å². The monoisotopic (exact) mass is 482 g/mol. The SMILES string of the molecule is O=C1COCC2(CCN3C(=O)CC(C(F)(F)F)Oc4ccccc4C4CCC(CC4)OCC32)N1. The van der Waals surface area contributed by atoms with Crippen LogP contribution < -0.4 is 10.1 Å². The van der Waals surface area contributed by atoms with Gasteiger partial charge in [0.15, 0.2) is 0 Å². The second-order valence-corrected chi connectivity index (χ2v) is 9.75. The molecule has 1 N–H and O–H groups in total. The highest BCUT2D eigenvalue weighted by atomic mass is 19.4. The molecule has 34 heavy (non-hydrogen) atoms. The smallest absolute Gasteiger partial charge is 0.425 e. The number of ether oxygens (including phenoxy) is 3. The third-order valence-electron chi connectivity index (χ3n) is 7.63. The molecule has 0 aromatic heterocycles. The molecule has 3 unspecified atom stereocenters. The molecule has 7 nitrogen and oxygen atoms in total. The molecular formula is C24H29F3N2O5. The fourth-order valence-corrected chi connectivity index (χ4v) is 5.82. The van der Waals surface area contributed by atoms with Gasteiger partial charge in [0.05, 0.1) is 37.3 Å². The van der Waals surface area contributed by atoms with Gasteiger partial charge in [0.1, 0.15) is 12.4 Å². The van der Waals surface area contributed by atoms with Gasteiger partial charge in [-0.05, 0) is 49.7 Å². The van der Waals surface area contributed by atoms with E-state index in [1.165, 1.54) is 4.90 Å². The molecule has 2 amide bonds. The molecule has 1 spiro atoms. The highest BCUT2D eigenvalue weighted by molar-refractivity contribution is 5.81. The Morgan fingerprint density at radius 1 is 1.09 bits per heavy atom. The van der Waals surface area contributed by atoms with Crippen LogP contribution >= 0.6 is 0 Å². The Labute approximate surface area is 195 Å². The first-order chi connectivity index (χ1) is 16.2. The molecule has 4 aliphatic heterocycles. The van der Waals surface area contributed by atoms with E-state index >= 15 is 0 Å². The van der Waals surface area contributed by atoms with Gasteiger partial charge in [-0.3, -0.25) is 9.59 Å². The van der Waals surface area contributed by atoms with Gasteiger partial charge < -0.3 is 24.4 Å². The average Bonchev–Trinajstić information content (AvgIpc) is 3.14. The summed E-state index contributed by atoms with van der Waals surface area (Å²) in [6.07, 6.45) is -4.36. The van der Waals surface area contributed by atoms with Crippen LogP contribution in [0.5, 0.6) is 5.75 Å². The van der Waals surface area contributed by atoms with Crippen LogP contribution in [0, 0.1) is 0 Å². The first kappa shape index (κ1) is 23.4. The van der Waals surface area contributed by atoms with Crippen molar-refractivity contribution in [2.45, 2.75) is 74.4 Å². The standard InChI is InChI=1S/C24H29F3N2O5/c25-24(26,27)20-11-22(31)29-10-9-23(14-32-13-21(30)28-23)19(29)12-33-16-7-5-15(6-8-16)17-3-1-2-4-18(17)34-20/h1-4,15-16,19-20H,5-14H2,(H,28,30). The Kier molecular flexibility index (Phi) is 6.22. The third-order valence-corrected chi connectivity index (χ3v) is 7.63. The summed E-state index contributed by atoms with van der Waals surface area (Å²) in [6.45, 7) is 0.468. The van der Waals surface area contributed by atoms with Crippen LogP contribution in [0.3, 0.4) is 0 Å². The van der Waals surface area contributed by atoms with Crippen molar-refractivity contribution < 1.29 is 37.0 Å². The van der Waals surface area contributed by atoms with Gasteiger partial charge in [0.2, 0.25) is 17.9 Å². The summed E-state index contributed by atoms with van der Waals surface area (Å²) in [6, 6.07) is 6.21. The molecule has 1 aromatic carbocycles. The van der Waals surface area contributed by atoms with Crippen molar-refractivity contribution in [1.29, 1.82) is 0 Å². The Morgan fingerprint density at radius 2 is 1.85 bits per heavy atom. The molecule has 186 valence electrons. The van der Waals surface area contributed by atoms with Crippen LogP contribution in [0.2, 0.25) is 0 Å². The summed E-state index contributed by atoms with van der Waals surface area (Å²) in [5.74, 6) is -0.716. The van der Waals surface area contributed by atoms with Crippen LogP contribution in [-0.2, 0) is 19.1 Å². The zero-order chi connectivity index (χ0) is 23.9. The molecule has 4 heterocycles. The molecule has 1 aromatic rings. The Balaban J connectivity index is 1.49. The number of carbonyl (C=O) groups is 2. The average molecular weight is 482 g/mol. The number of alkyl halides is 3. The maximum Gasteiger partial charge on any atom is 0.425 e. The molecular weight excluding hydrogens is 453 g/mol. The van der Waals surface area contributed by atoms with Gasteiger partial charge in [-0.15, -0.1) is 0 Å². The van der Waals surface area contributed by atoms with E-state index in [1.807, 2.05) is 6.07 Å². The Bertz CT molecular complexity index is 933. The lowest BCUT2D eigenvalue weighted by atomic mass is 9.82. The minimum absolute atomic E-state index is 0.00925. The van der Waals surface area contributed by atoms with Gasteiger partial charge in [-0.25, -0.2) is 0 Å². The predicted molar refractivity (Wildman–Crippen MR) is 114 cm³/mol. The summed E-state index contributed by atoms with van der Waals surface area (Å²) in [5, 5.41) is 2.95. The number of fused-ring (bicyclic) bond motifs is 6. The van der Waals surface area contributed by atoms with Crippen LogP contribution in [0.4, 0.5) is 13.2 Å². The first-order valence-electron chi connectivity index (χ1n) is 11.9. The van der Waals surface area contributed by atoms with Gasteiger partial charge in [0, 0.05) is 6.54 Å². The second kappa shape index (κ2) is 9.03. The van der Waals surface area contributed by atoms with Crippen molar-refractivity contribution in [3.8, 4) is 5.75 Å². The summed E-state index contributed by atoms with van der Waals surface area (Å²) in [7, 11) is 0. The van der Waals surface area contributed by atoms with E-state index < -0.39 is 36.2 Å². The predicted octanol–water partition coefficient (Wildman–Crippen LogP) is 2.93. The van der Waals surface area contributed by atoms with E-state index in [9.17, 15) is 22.8 Å². The van der Waals surface area contributed by atoms with E-state index in [0.717, 1.165) is 31.2 Å². The van der Waals surface area contributed by atoms with Crippen LogP contribution in [0.15, 0.2) is 24.3 Å². The number of hydrogen-bond donors (Lipinski definition) is 1. The number of rotatable bonds is 0. The number of nitrogens with zero attached hydrogens (tertiary/aromatic N) is 1. The molecule has 1 aliphatic carbocycles. The lowest BCUT2D eigenvalue weighted by Gasteiger charge is -2.42. The van der Waals surface area contributed by atoms with E-state index in [2.05, 4.69) is 5.32 Å². The largest absolute Gasteiger partial charge is 0.480 e. The normalized spacial score (nSPS) is 34.7. The Hall–Kier alpha value is -2.33. The highest BCUT2D eigenvalue weighted by Gasteiger charge is 2.53. The molecule has 2 saturated heterocycles. The lowest BCUT2D eigenvalue weighted by molar-refractivity contribution is -0.200. The minimum Gasteiger partial charge on any atom is -0.480 e. The van der Waals surface area contributed by atoms with E-state index in [4.69, 9.17) is 14.2 Å². The highest BCUT2D eigenvalue weighted by Crippen LogP contribution is 2.41. The fourth-order valence-electron chi connectivity index (χ4n) is 5.82. The van der Waals surface area contributed by atoms with Crippen LogP contribution in [0.1, 0.15) is 50.0 Å². The van der Waals surface area contributed by atoms with Gasteiger partial charge in [0.25, 0.3) is 0 Å². The molecule has 0 radical (unpaired) electrons. The van der Waals surface area contributed by atoms with Crippen molar-refractivity contribution in [3.63, 3.8) is 0 Å². The number of para-hydroxylation sites is 1. The van der Waals surface area contributed by atoms with Crippen molar-refractivity contribution in [2.75, 3.05) is 26.4 Å². The fraction of sp³-hybridized carbons (Fsp3) is 0.667. The molecule has 1 saturated carbocycles. The third kappa shape index (κ3) is 4.49. The zero-order valence-electron chi connectivity index (χ0n) is 18.8. The molecule has 3 atom stereocenters. The Morgan fingerprint density at radius 3 is 2.59 bits per heavy atom. The summed E-state index contributed by atoms with van der Waals surface area (Å²) in [4.78, 5) is 26.8. The second-order valence-electron chi connectivity index (χ2n) is 9.75. The first-order valence-corrected chi connectivity index (χ1v) is 11.9. The number of carbonyl (C=O) groups excluding carboxylic acids is 2. The van der Waals surface area contributed by atoms with Gasteiger partial charge in [-0.2, -0.15) is 13.2 Å². The number of amides is 2. The van der Waals surface area contributed by atoms with Crippen LogP contribution in [-0.4, -0.2) is 73.0 Å². The quantitative estimate of drug-likeness (QED) is 0.616. The maximum absolute atomic E-state index is 14.0. The number of morpholine rings is 1. The van der Waals surface area contributed by atoms with Crippen molar-refractivity contribution in [3.05, 3.63) is 29.8 Å². The summed E-state index contributed by atoms with van der Waals surface area (Å²) in [5.41, 5.74) is -0.111. The lowest BCUT2D eigenvalue weighted by Crippen LogP contribution is -2.65. The van der Waals surface area contributed by atoms with E-state index in [1.54, 1.807) is 18.2 Å². The van der Waals surface area contributed by atoms with Crippen molar-refractivity contribution >= 4 is 11.8 Å². The minimum atomic E-state index is -4.72. The van der Waals surface area contributed by atoms with Gasteiger partial charge in [-0.1, -0.05) is 18.2 Å². The molecule has 2 bridgehead atoms. The number of halogens is 3. The maximum atomic E-state index is 14.0. The molecule has 6 rings (SSSR count). The summed E-state index contributed by atoms with van der Waals surface area (Å²) < 4.78 is 59.3. The number of hydrogen-bond acceptors (Lipinski definition) is 5. The zero-order valence-corrected chi connectivity index (χ0v) is 18.8. The molecule has 3 fully saturated rings.